The topological polar surface area (TPSA) is 45.7 Å². The molecule has 0 aliphatic carbocycles. The highest BCUT2D eigenvalue weighted by Crippen LogP contribution is 2.46. The molecule has 0 atom stereocenters. The molecule has 1 aromatic heterocycles. The van der Waals surface area contributed by atoms with Crippen LogP contribution >= 0.6 is 0 Å². The van der Waals surface area contributed by atoms with Crippen molar-refractivity contribution in [3.05, 3.63) is 52.6 Å². The second-order valence-corrected chi connectivity index (χ2v) is 9.95. The van der Waals surface area contributed by atoms with Gasteiger partial charge in [0, 0.05) is 62.2 Å². The third-order valence-corrected chi connectivity index (χ3v) is 6.93. The molecule has 1 spiro atoms. The van der Waals surface area contributed by atoms with E-state index < -0.39 is 17.5 Å². The van der Waals surface area contributed by atoms with Gasteiger partial charge in [-0.05, 0) is 39.3 Å². The van der Waals surface area contributed by atoms with Crippen molar-refractivity contribution in [2.75, 3.05) is 19.6 Å². The highest BCUT2D eigenvalue weighted by Gasteiger charge is 2.50. The molecule has 1 fully saturated rings. The second kappa shape index (κ2) is 7.61. The summed E-state index contributed by atoms with van der Waals surface area (Å²) in [5.74, 6) is 0.419. The zero-order chi connectivity index (χ0) is 23.5. The lowest BCUT2D eigenvalue weighted by Crippen LogP contribution is -2.54. The van der Waals surface area contributed by atoms with Crippen LogP contribution in [0.25, 0.3) is 0 Å². The molecular formula is C24H30F3N3O2. The van der Waals surface area contributed by atoms with E-state index in [2.05, 4.69) is 37.2 Å². The highest BCUT2D eigenvalue weighted by molar-refractivity contribution is 5.98. The van der Waals surface area contributed by atoms with Gasteiger partial charge in [-0.2, -0.15) is 13.2 Å². The van der Waals surface area contributed by atoms with Gasteiger partial charge in [0.2, 0.25) is 0 Å². The summed E-state index contributed by atoms with van der Waals surface area (Å²) < 4.78 is 45.2. The van der Waals surface area contributed by atoms with Crippen LogP contribution in [0.3, 0.4) is 0 Å². The lowest BCUT2D eigenvalue weighted by molar-refractivity contribution is -0.141. The average Bonchev–Trinajstić information content (AvgIpc) is 2.95. The summed E-state index contributed by atoms with van der Waals surface area (Å²) in [6.07, 6.45) is -2.78. The fourth-order valence-corrected chi connectivity index (χ4v) is 5.00. The SMILES string of the molecule is C=C1OC2(CCN(C(C)(C)C)CC2)C(C(=O)N2CCc3nc(C(F)(F)F)ccc3C2)=C1C. The summed E-state index contributed by atoms with van der Waals surface area (Å²) in [6.45, 7) is 14.6. The number of ether oxygens (including phenoxy) is 1. The molecule has 1 aromatic rings. The van der Waals surface area contributed by atoms with Gasteiger partial charge in [0.25, 0.3) is 5.91 Å². The van der Waals surface area contributed by atoms with Gasteiger partial charge in [-0.1, -0.05) is 12.6 Å². The first-order valence-corrected chi connectivity index (χ1v) is 11.0. The number of likely N-dealkylation sites (tertiary alicyclic amines) is 1. The van der Waals surface area contributed by atoms with E-state index >= 15 is 0 Å². The van der Waals surface area contributed by atoms with E-state index in [1.54, 1.807) is 4.90 Å². The van der Waals surface area contributed by atoms with Crippen LogP contribution in [0.4, 0.5) is 13.2 Å². The molecule has 8 heteroatoms. The third-order valence-electron chi connectivity index (χ3n) is 6.93. The maximum Gasteiger partial charge on any atom is 0.433 e. The van der Waals surface area contributed by atoms with Crippen LogP contribution in [0.2, 0.25) is 0 Å². The fourth-order valence-electron chi connectivity index (χ4n) is 5.00. The molecule has 0 radical (unpaired) electrons. The van der Waals surface area contributed by atoms with Crippen LogP contribution in [0.5, 0.6) is 0 Å². The Balaban J connectivity index is 1.56. The number of pyridine rings is 1. The molecule has 0 saturated carbocycles. The molecule has 5 nitrogen and oxygen atoms in total. The molecule has 1 saturated heterocycles. The summed E-state index contributed by atoms with van der Waals surface area (Å²) in [4.78, 5) is 21.6. The van der Waals surface area contributed by atoms with Crippen LogP contribution in [0.1, 0.15) is 57.5 Å². The van der Waals surface area contributed by atoms with Crippen molar-refractivity contribution < 1.29 is 22.7 Å². The molecule has 32 heavy (non-hydrogen) atoms. The minimum Gasteiger partial charge on any atom is -0.483 e. The fraction of sp³-hybridized carbons (Fsp3) is 0.583. The molecule has 174 valence electrons. The Labute approximate surface area is 186 Å². The number of carbonyl (C=O) groups excluding carboxylic acids is 1. The van der Waals surface area contributed by atoms with Gasteiger partial charge in [-0.25, -0.2) is 4.98 Å². The molecule has 3 aliphatic heterocycles. The molecule has 1 amide bonds. The normalized spacial score (nSPS) is 21.7. The monoisotopic (exact) mass is 449 g/mol. The van der Waals surface area contributed by atoms with Gasteiger partial charge in [-0.15, -0.1) is 0 Å². The summed E-state index contributed by atoms with van der Waals surface area (Å²) in [7, 11) is 0. The second-order valence-electron chi connectivity index (χ2n) is 9.95. The number of hydrogen-bond donors (Lipinski definition) is 0. The van der Waals surface area contributed by atoms with E-state index in [9.17, 15) is 18.0 Å². The van der Waals surface area contributed by atoms with E-state index in [4.69, 9.17) is 4.74 Å². The van der Waals surface area contributed by atoms with Crippen molar-refractivity contribution in [1.29, 1.82) is 0 Å². The molecule has 4 heterocycles. The van der Waals surface area contributed by atoms with Crippen molar-refractivity contribution in [1.82, 2.24) is 14.8 Å². The number of aromatic nitrogens is 1. The van der Waals surface area contributed by atoms with Gasteiger partial charge in [-0.3, -0.25) is 9.69 Å². The minimum atomic E-state index is -4.47. The third kappa shape index (κ3) is 3.93. The van der Waals surface area contributed by atoms with E-state index in [-0.39, 0.29) is 18.0 Å². The lowest BCUT2D eigenvalue weighted by atomic mass is 9.81. The standard InChI is InChI=1S/C24H30F3N3O2/c1-15-16(2)32-23(9-12-30(13-10-23)22(3,4)5)20(15)21(31)29-11-8-18-17(14-29)6-7-19(28-18)24(25,26)27/h6-7H,2,8-14H2,1,3-5H3. The van der Waals surface area contributed by atoms with Gasteiger partial charge < -0.3 is 9.64 Å². The maximum atomic E-state index is 13.7. The number of allylic oxidation sites excluding steroid dienone is 1. The van der Waals surface area contributed by atoms with Crippen LogP contribution in [-0.2, 0) is 28.7 Å². The predicted octanol–water partition coefficient (Wildman–Crippen LogP) is 4.48. The Morgan fingerprint density at radius 3 is 2.41 bits per heavy atom. The Morgan fingerprint density at radius 1 is 1.16 bits per heavy atom. The zero-order valence-electron chi connectivity index (χ0n) is 19.1. The smallest absolute Gasteiger partial charge is 0.433 e. The number of nitrogens with zero attached hydrogens (tertiary/aromatic N) is 3. The summed E-state index contributed by atoms with van der Waals surface area (Å²) >= 11 is 0. The molecule has 0 aromatic carbocycles. The van der Waals surface area contributed by atoms with E-state index in [1.807, 2.05) is 6.92 Å². The highest BCUT2D eigenvalue weighted by atomic mass is 19.4. The van der Waals surface area contributed by atoms with Crippen LogP contribution in [0.15, 0.2) is 35.6 Å². The molecule has 0 N–H and O–H groups in total. The largest absolute Gasteiger partial charge is 0.483 e. The Bertz CT molecular complexity index is 983. The number of carbonyl (C=O) groups is 1. The van der Waals surface area contributed by atoms with E-state index in [0.29, 0.717) is 48.4 Å². The van der Waals surface area contributed by atoms with E-state index in [1.165, 1.54) is 6.07 Å². The minimum absolute atomic E-state index is 0.0407. The van der Waals surface area contributed by atoms with Crippen molar-refractivity contribution in [3.8, 4) is 0 Å². The van der Waals surface area contributed by atoms with Crippen molar-refractivity contribution in [3.63, 3.8) is 0 Å². The number of rotatable bonds is 1. The molecular weight excluding hydrogens is 419 g/mol. The number of halogens is 3. The zero-order valence-corrected chi connectivity index (χ0v) is 19.1. The first kappa shape index (κ1) is 22.8. The number of piperidine rings is 1. The van der Waals surface area contributed by atoms with Crippen molar-refractivity contribution in [2.45, 2.75) is 70.8 Å². The van der Waals surface area contributed by atoms with Gasteiger partial charge in [0.05, 0.1) is 5.57 Å². The first-order valence-electron chi connectivity index (χ1n) is 11.0. The number of amides is 1. The van der Waals surface area contributed by atoms with Crippen LogP contribution in [-0.4, -0.2) is 51.5 Å². The first-order chi connectivity index (χ1) is 14.8. The van der Waals surface area contributed by atoms with E-state index in [0.717, 1.165) is 24.7 Å². The summed E-state index contributed by atoms with van der Waals surface area (Å²) in [6, 6.07) is 2.43. The number of alkyl halides is 3. The molecule has 3 aliphatic rings. The Kier molecular flexibility index (Phi) is 5.43. The molecule has 0 bridgehead atoms. The van der Waals surface area contributed by atoms with Crippen LogP contribution < -0.4 is 0 Å². The van der Waals surface area contributed by atoms with Crippen molar-refractivity contribution >= 4 is 5.91 Å². The van der Waals surface area contributed by atoms with Gasteiger partial charge in [0.1, 0.15) is 17.1 Å². The quantitative estimate of drug-likeness (QED) is 0.634. The van der Waals surface area contributed by atoms with Gasteiger partial charge in [0.15, 0.2) is 0 Å². The molecule has 0 unspecified atom stereocenters. The van der Waals surface area contributed by atoms with Crippen LogP contribution in [0, 0.1) is 0 Å². The number of hydrogen-bond acceptors (Lipinski definition) is 4. The maximum absolute atomic E-state index is 13.7. The average molecular weight is 450 g/mol. The Hall–Kier alpha value is -2.35. The van der Waals surface area contributed by atoms with Gasteiger partial charge >= 0.3 is 6.18 Å². The number of fused-ring (bicyclic) bond motifs is 1. The van der Waals surface area contributed by atoms with Crippen molar-refractivity contribution in [2.24, 2.45) is 0 Å². The predicted molar refractivity (Wildman–Crippen MR) is 115 cm³/mol. The summed E-state index contributed by atoms with van der Waals surface area (Å²) in [5.41, 5.74) is 0.965. The summed E-state index contributed by atoms with van der Waals surface area (Å²) in [5, 5.41) is 0. The molecule has 4 rings (SSSR count). The Morgan fingerprint density at radius 2 is 1.81 bits per heavy atom. The lowest BCUT2D eigenvalue weighted by Gasteiger charge is -2.45.